The smallest absolute Gasteiger partial charge is 0.0992 e. The topological polar surface area (TPSA) is 23.8 Å². The molecule has 1 aromatic carbocycles. The highest BCUT2D eigenvalue weighted by Crippen LogP contribution is 2.37. The highest BCUT2D eigenvalue weighted by molar-refractivity contribution is 9.10. The molecular weight excluding hydrogens is 278 g/mol. The van der Waals surface area contributed by atoms with E-state index in [9.17, 15) is 0 Å². The lowest BCUT2D eigenvalue weighted by molar-refractivity contribution is 1.49. The van der Waals surface area contributed by atoms with Crippen LogP contribution >= 0.6 is 39.0 Å². The van der Waals surface area contributed by atoms with Gasteiger partial charge in [-0.2, -0.15) is 5.26 Å². The van der Waals surface area contributed by atoms with Gasteiger partial charge in [-0.1, -0.05) is 0 Å². The Morgan fingerprint density at radius 3 is 2.93 bits per heavy atom. The maximum atomic E-state index is 8.85. The number of fused-ring (bicyclic) bond motifs is 1. The normalized spacial score (nSPS) is 10.4. The van der Waals surface area contributed by atoms with E-state index in [1.54, 1.807) is 23.1 Å². The summed E-state index contributed by atoms with van der Waals surface area (Å²) in [5.41, 5.74) is 0.707. The van der Waals surface area contributed by atoms with Crippen molar-refractivity contribution in [2.24, 2.45) is 0 Å². The molecule has 4 heteroatoms. The average molecular weight is 284 g/mol. The fraction of sp³-hybridized carbons (Fsp3) is 0.100. The van der Waals surface area contributed by atoms with Crippen molar-refractivity contribution < 1.29 is 0 Å². The van der Waals surface area contributed by atoms with Gasteiger partial charge in [0.15, 0.2) is 0 Å². The van der Waals surface area contributed by atoms with E-state index in [4.69, 9.17) is 5.26 Å². The zero-order valence-electron chi connectivity index (χ0n) is 7.37. The van der Waals surface area contributed by atoms with E-state index >= 15 is 0 Å². The SMILES string of the molecule is CSc1csc2c(Br)cc(C#N)cc12. The molecule has 2 aromatic rings. The summed E-state index contributed by atoms with van der Waals surface area (Å²) >= 11 is 6.90. The van der Waals surface area contributed by atoms with Crippen LogP contribution in [-0.2, 0) is 0 Å². The quantitative estimate of drug-likeness (QED) is 0.731. The third-order valence-electron chi connectivity index (χ3n) is 1.94. The fourth-order valence-corrected chi connectivity index (χ4v) is 3.83. The molecule has 1 aromatic heterocycles. The van der Waals surface area contributed by atoms with Crippen molar-refractivity contribution >= 4 is 49.1 Å². The van der Waals surface area contributed by atoms with E-state index in [0.29, 0.717) is 5.56 Å². The van der Waals surface area contributed by atoms with Crippen LogP contribution in [0.1, 0.15) is 5.56 Å². The molecule has 70 valence electrons. The lowest BCUT2D eigenvalue weighted by atomic mass is 10.2. The molecule has 0 saturated carbocycles. The Hall–Kier alpha value is -0.500. The Morgan fingerprint density at radius 1 is 1.50 bits per heavy atom. The van der Waals surface area contributed by atoms with Crippen molar-refractivity contribution in [3.8, 4) is 6.07 Å². The van der Waals surface area contributed by atoms with Crippen molar-refractivity contribution in [2.45, 2.75) is 4.90 Å². The molecule has 0 spiro atoms. The van der Waals surface area contributed by atoms with E-state index in [-0.39, 0.29) is 0 Å². The van der Waals surface area contributed by atoms with Crippen LogP contribution in [0.3, 0.4) is 0 Å². The summed E-state index contributed by atoms with van der Waals surface area (Å²) in [5.74, 6) is 0. The van der Waals surface area contributed by atoms with Crippen LogP contribution in [0.5, 0.6) is 0 Å². The molecule has 0 aliphatic rings. The summed E-state index contributed by atoms with van der Waals surface area (Å²) in [4.78, 5) is 1.24. The fourth-order valence-electron chi connectivity index (χ4n) is 1.29. The molecule has 2 rings (SSSR count). The highest BCUT2D eigenvalue weighted by Gasteiger charge is 2.07. The van der Waals surface area contributed by atoms with Crippen molar-refractivity contribution in [3.63, 3.8) is 0 Å². The van der Waals surface area contributed by atoms with Gasteiger partial charge in [-0.05, 0) is 34.3 Å². The minimum absolute atomic E-state index is 0.707. The van der Waals surface area contributed by atoms with Crippen LogP contribution < -0.4 is 0 Å². The van der Waals surface area contributed by atoms with E-state index < -0.39 is 0 Å². The van der Waals surface area contributed by atoms with Gasteiger partial charge in [0.25, 0.3) is 0 Å². The van der Waals surface area contributed by atoms with Crippen LogP contribution in [0.25, 0.3) is 10.1 Å². The summed E-state index contributed by atoms with van der Waals surface area (Å²) in [7, 11) is 0. The van der Waals surface area contributed by atoms with E-state index in [2.05, 4.69) is 33.6 Å². The standard InChI is InChI=1S/C10H6BrNS2/c1-13-9-5-14-10-7(9)2-6(4-12)3-8(10)11/h2-3,5H,1H3. The van der Waals surface area contributed by atoms with Crippen LogP contribution in [0.4, 0.5) is 0 Å². The number of thioether (sulfide) groups is 1. The Bertz CT molecular complexity index is 525. The molecule has 1 nitrogen and oxygen atoms in total. The number of nitrogens with zero attached hydrogens (tertiary/aromatic N) is 1. The number of halogens is 1. The average Bonchev–Trinajstić information content (AvgIpc) is 2.61. The van der Waals surface area contributed by atoms with Crippen LogP contribution in [0, 0.1) is 11.3 Å². The second kappa shape index (κ2) is 3.93. The van der Waals surface area contributed by atoms with Gasteiger partial charge in [0, 0.05) is 24.8 Å². The van der Waals surface area contributed by atoms with Gasteiger partial charge >= 0.3 is 0 Å². The molecule has 0 fully saturated rings. The molecule has 0 N–H and O–H groups in total. The Balaban J connectivity index is 2.82. The largest absolute Gasteiger partial charge is 0.192 e. The lowest BCUT2D eigenvalue weighted by Gasteiger charge is -1.97. The summed E-state index contributed by atoms with van der Waals surface area (Å²) in [5, 5.41) is 12.1. The van der Waals surface area contributed by atoms with E-state index in [1.165, 1.54) is 15.0 Å². The predicted molar refractivity (Wildman–Crippen MR) is 66.0 cm³/mol. The molecule has 0 aliphatic carbocycles. The number of nitriles is 1. The van der Waals surface area contributed by atoms with E-state index in [0.717, 1.165) is 4.47 Å². The molecule has 0 radical (unpaired) electrons. The summed E-state index contributed by atoms with van der Waals surface area (Å²) in [6.07, 6.45) is 2.05. The first-order chi connectivity index (χ1) is 6.76. The molecule has 0 aliphatic heterocycles. The highest BCUT2D eigenvalue weighted by atomic mass is 79.9. The van der Waals surface area contributed by atoms with Crippen molar-refractivity contribution in [1.29, 1.82) is 5.26 Å². The molecule has 14 heavy (non-hydrogen) atoms. The van der Waals surface area contributed by atoms with Gasteiger partial charge in [0.1, 0.15) is 0 Å². The first-order valence-corrected chi connectivity index (χ1v) is 6.81. The molecule has 0 amide bonds. The third-order valence-corrected chi connectivity index (χ3v) is 4.79. The third kappa shape index (κ3) is 1.56. The van der Waals surface area contributed by atoms with Gasteiger partial charge in [-0.15, -0.1) is 23.1 Å². The molecule has 0 atom stereocenters. The molecule has 0 bridgehead atoms. The van der Waals surface area contributed by atoms with Gasteiger partial charge in [0.05, 0.1) is 11.6 Å². The summed E-state index contributed by atoms with van der Waals surface area (Å²) in [6, 6.07) is 5.98. The van der Waals surface area contributed by atoms with Crippen LogP contribution in [0.2, 0.25) is 0 Å². The monoisotopic (exact) mass is 283 g/mol. The Morgan fingerprint density at radius 2 is 2.29 bits per heavy atom. The summed E-state index contributed by atoms with van der Waals surface area (Å²) < 4.78 is 2.23. The number of hydrogen-bond donors (Lipinski definition) is 0. The maximum Gasteiger partial charge on any atom is 0.0992 e. The summed E-state index contributed by atoms with van der Waals surface area (Å²) in [6.45, 7) is 0. The first kappa shape index (κ1) is 10.0. The van der Waals surface area contributed by atoms with Crippen molar-refractivity contribution in [1.82, 2.24) is 0 Å². The van der Waals surface area contributed by atoms with Crippen molar-refractivity contribution in [3.05, 3.63) is 27.5 Å². The zero-order valence-corrected chi connectivity index (χ0v) is 10.6. The van der Waals surface area contributed by atoms with Crippen LogP contribution in [0.15, 0.2) is 26.9 Å². The van der Waals surface area contributed by atoms with Gasteiger partial charge < -0.3 is 0 Å². The molecule has 1 heterocycles. The minimum Gasteiger partial charge on any atom is -0.192 e. The van der Waals surface area contributed by atoms with Gasteiger partial charge in [-0.25, -0.2) is 0 Å². The zero-order chi connectivity index (χ0) is 10.1. The van der Waals surface area contributed by atoms with Crippen LogP contribution in [-0.4, -0.2) is 6.26 Å². The maximum absolute atomic E-state index is 8.85. The number of hydrogen-bond acceptors (Lipinski definition) is 3. The lowest BCUT2D eigenvalue weighted by Crippen LogP contribution is -1.75. The second-order valence-electron chi connectivity index (χ2n) is 2.75. The molecule has 0 unspecified atom stereocenters. The Labute approximate surface area is 98.9 Å². The number of benzene rings is 1. The minimum atomic E-state index is 0.707. The van der Waals surface area contributed by atoms with Crippen molar-refractivity contribution in [2.75, 3.05) is 6.26 Å². The van der Waals surface area contributed by atoms with E-state index in [1.807, 2.05) is 12.1 Å². The number of thiophene rings is 1. The molecule has 0 saturated heterocycles. The molecular formula is C10H6BrNS2. The predicted octanol–water partition coefficient (Wildman–Crippen LogP) is 4.26. The Kier molecular flexibility index (Phi) is 2.82. The van der Waals surface area contributed by atoms with Gasteiger partial charge in [0.2, 0.25) is 0 Å². The second-order valence-corrected chi connectivity index (χ2v) is 5.33. The first-order valence-electron chi connectivity index (χ1n) is 3.91. The number of rotatable bonds is 1. The van der Waals surface area contributed by atoms with Gasteiger partial charge in [-0.3, -0.25) is 0 Å².